The van der Waals surface area contributed by atoms with Crippen LogP contribution in [0.25, 0.3) is 0 Å². The predicted octanol–water partition coefficient (Wildman–Crippen LogP) is 4.67. The van der Waals surface area contributed by atoms with E-state index in [2.05, 4.69) is 25.3 Å². The van der Waals surface area contributed by atoms with Crippen LogP contribution in [-0.2, 0) is 4.79 Å². The van der Waals surface area contributed by atoms with E-state index in [0.717, 1.165) is 11.1 Å². The van der Waals surface area contributed by atoms with Gasteiger partial charge < -0.3 is 52.9 Å². The number of amides is 1. The average molecular weight is 621 g/mol. The summed E-state index contributed by atoms with van der Waals surface area (Å²) in [7, 11) is 3.11. The highest BCUT2D eigenvalue weighted by molar-refractivity contribution is 5.91. The summed E-state index contributed by atoms with van der Waals surface area (Å²) in [5.74, 6) is 3.49. The fraction of sp³-hybridized carbons (Fsp3) is 0.300. The van der Waals surface area contributed by atoms with Crippen LogP contribution in [0.4, 0.5) is 34.9 Å². The van der Waals surface area contributed by atoms with Crippen molar-refractivity contribution in [1.82, 2.24) is 19.9 Å². The van der Waals surface area contributed by atoms with Crippen LogP contribution in [0.2, 0.25) is 0 Å². The molecule has 0 saturated carbocycles. The Kier molecular flexibility index (Phi) is 11.0. The van der Waals surface area contributed by atoms with Gasteiger partial charge >= 0.3 is 0 Å². The van der Waals surface area contributed by atoms with Crippen molar-refractivity contribution in [2.75, 3.05) is 48.2 Å². The molecule has 0 aliphatic rings. The number of methoxy groups -OCH3 is 2. The summed E-state index contributed by atoms with van der Waals surface area (Å²) in [4.78, 5) is 26.9. The lowest BCUT2D eigenvalue weighted by molar-refractivity contribution is -0.114. The lowest BCUT2D eigenvalue weighted by Gasteiger charge is -2.18. The number of hydrogen-bond donors (Lipinski definition) is 6. The average Bonchev–Trinajstić information content (AvgIpc) is 2.96. The van der Waals surface area contributed by atoms with Gasteiger partial charge in [0.15, 0.2) is 23.1 Å². The summed E-state index contributed by atoms with van der Waals surface area (Å²) in [5, 5.41) is 2.71. The number of carbonyl (C=O) groups is 1. The minimum absolute atomic E-state index is 0.0672. The molecule has 11 N–H and O–H groups in total. The number of nitrogen functional groups attached to an aromatic ring is 5. The van der Waals surface area contributed by atoms with E-state index in [1.54, 1.807) is 19.2 Å². The normalized spacial score (nSPS) is 10.6. The van der Waals surface area contributed by atoms with E-state index in [0.29, 0.717) is 40.1 Å². The Bertz CT molecular complexity index is 1660. The number of ether oxygens (including phenoxy) is 4. The van der Waals surface area contributed by atoms with Crippen molar-refractivity contribution < 1.29 is 23.7 Å². The summed E-state index contributed by atoms with van der Waals surface area (Å²) in [6, 6.07) is 7.05. The molecular weight excluding hydrogens is 580 g/mol. The molecule has 4 aromatic rings. The Labute approximate surface area is 261 Å². The molecule has 0 aliphatic carbocycles. The number of hydrogen-bond acceptors (Lipinski definition) is 14. The van der Waals surface area contributed by atoms with Crippen molar-refractivity contribution in [3.05, 3.63) is 47.8 Å². The highest BCUT2D eigenvalue weighted by Crippen LogP contribution is 2.40. The number of anilines is 6. The van der Waals surface area contributed by atoms with Gasteiger partial charge in [0.2, 0.25) is 17.8 Å². The highest BCUT2D eigenvalue weighted by atomic mass is 16.5. The number of rotatable bonds is 9. The standard InChI is InChI=1S/C16H21N5O3.C14H19N5O2/c1-8(2)10-5-13(23-4)11(20-9(3)22)6-12(10)24-14-7-19-16(18)21-15(14)17;1-7(2)8-4-11(20-3)9(15)5-10(8)21-12-6-18-14(17)19-13(12)16/h5-8H,1-4H3,(H,20,22)(H4,17,18,19,21);4-7H,15H2,1-3H3,(H4,16,17,18,19). The maximum Gasteiger partial charge on any atom is 0.222 e. The maximum atomic E-state index is 11.4. The second-order valence-corrected chi connectivity index (χ2v) is 10.4. The fourth-order valence-electron chi connectivity index (χ4n) is 4.07. The SMILES string of the molecule is COc1cc(C(C)C)c(Oc2cnc(N)nc2N)cc1N.COc1cc(C(C)C)c(Oc2cnc(N)nc2N)cc1NC(C)=O. The molecule has 0 unspecified atom stereocenters. The van der Waals surface area contributed by atoms with Crippen LogP contribution in [-0.4, -0.2) is 40.1 Å². The molecule has 2 aromatic carbocycles. The van der Waals surface area contributed by atoms with Crippen molar-refractivity contribution >= 4 is 40.8 Å². The number of benzene rings is 2. The Balaban J connectivity index is 0.000000248. The van der Waals surface area contributed by atoms with E-state index in [1.165, 1.54) is 26.4 Å². The lowest BCUT2D eigenvalue weighted by atomic mass is 10.0. The third-order valence-corrected chi connectivity index (χ3v) is 6.29. The number of nitrogens with one attached hydrogen (secondary N) is 1. The van der Waals surface area contributed by atoms with E-state index in [4.69, 9.17) is 47.6 Å². The van der Waals surface area contributed by atoms with Gasteiger partial charge in [0.1, 0.15) is 23.0 Å². The van der Waals surface area contributed by atoms with Crippen LogP contribution in [0.15, 0.2) is 36.7 Å². The van der Waals surface area contributed by atoms with E-state index in [9.17, 15) is 4.79 Å². The first-order valence-electron chi connectivity index (χ1n) is 13.8. The Morgan fingerprint density at radius 3 is 1.51 bits per heavy atom. The summed E-state index contributed by atoms with van der Waals surface area (Å²) < 4.78 is 22.2. The molecule has 0 saturated heterocycles. The molecular formula is C30H40N10O5. The van der Waals surface area contributed by atoms with Crippen LogP contribution >= 0.6 is 0 Å². The van der Waals surface area contributed by atoms with Gasteiger partial charge in [-0.25, -0.2) is 9.97 Å². The third kappa shape index (κ3) is 8.65. The van der Waals surface area contributed by atoms with Crippen molar-refractivity contribution in [2.45, 2.75) is 46.5 Å². The maximum absolute atomic E-state index is 11.4. The zero-order valence-electron chi connectivity index (χ0n) is 26.3. The quantitative estimate of drug-likeness (QED) is 0.139. The van der Waals surface area contributed by atoms with Crippen molar-refractivity contribution in [2.24, 2.45) is 0 Å². The molecule has 2 heterocycles. The molecule has 4 rings (SSSR count). The van der Waals surface area contributed by atoms with Crippen molar-refractivity contribution in [3.63, 3.8) is 0 Å². The molecule has 2 aromatic heterocycles. The van der Waals surface area contributed by atoms with Crippen LogP contribution < -0.4 is 52.9 Å². The van der Waals surface area contributed by atoms with Crippen molar-refractivity contribution in [1.29, 1.82) is 0 Å². The van der Waals surface area contributed by atoms with Crippen LogP contribution in [0.3, 0.4) is 0 Å². The number of aromatic nitrogens is 4. The molecule has 0 aliphatic heterocycles. The van der Waals surface area contributed by atoms with Gasteiger partial charge in [0, 0.05) is 30.2 Å². The van der Waals surface area contributed by atoms with Gasteiger partial charge in [-0.2, -0.15) is 9.97 Å². The Morgan fingerprint density at radius 2 is 1.11 bits per heavy atom. The lowest BCUT2D eigenvalue weighted by Crippen LogP contribution is -2.09. The topological polar surface area (TPSA) is 248 Å². The minimum atomic E-state index is -0.216. The van der Waals surface area contributed by atoms with E-state index in [1.807, 2.05) is 39.8 Å². The first-order valence-corrected chi connectivity index (χ1v) is 13.8. The smallest absolute Gasteiger partial charge is 0.222 e. The molecule has 240 valence electrons. The van der Waals surface area contributed by atoms with Gasteiger partial charge in [-0.3, -0.25) is 4.79 Å². The first-order chi connectivity index (χ1) is 21.2. The molecule has 15 heteroatoms. The molecule has 0 radical (unpaired) electrons. The van der Waals surface area contributed by atoms with Gasteiger partial charge in [-0.05, 0) is 24.0 Å². The summed E-state index contributed by atoms with van der Waals surface area (Å²) in [5.41, 5.74) is 31.3. The van der Waals surface area contributed by atoms with Crippen LogP contribution in [0.5, 0.6) is 34.5 Å². The second-order valence-electron chi connectivity index (χ2n) is 10.4. The zero-order chi connectivity index (χ0) is 33.4. The monoisotopic (exact) mass is 620 g/mol. The number of nitrogens with two attached hydrogens (primary N) is 5. The molecule has 0 atom stereocenters. The van der Waals surface area contributed by atoms with Gasteiger partial charge in [-0.1, -0.05) is 27.7 Å². The van der Waals surface area contributed by atoms with Gasteiger partial charge in [0.05, 0.1) is 38.0 Å². The van der Waals surface area contributed by atoms with E-state index >= 15 is 0 Å². The zero-order valence-corrected chi connectivity index (χ0v) is 26.3. The van der Waals surface area contributed by atoms with Crippen LogP contribution in [0.1, 0.15) is 57.6 Å². The summed E-state index contributed by atoms with van der Waals surface area (Å²) >= 11 is 0. The summed E-state index contributed by atoms with van der Waals surface area (Å²) in [6.07, 6.45) is 2.84. The van der Waals surface area contributed by atoms with Gasteiger partial charge in [-0.15, -0.1) is 0 Å². The Morgan fingerprint density at radius 1 is 0.667 bits per heavy atom. The van der Waals surface area contributed by atoms with Gasteiger partial charge in [0.25, 0.3) is 0 Å². The minimum Gasteiger partial charge on any atom is -0.495 e. The number of nitrogens with zero attached hydrogens (tertiary/aromatic N) is 4. The number of carbonyl (C=O) groups excluding carboxylic acids is 1. The molecule has 1 amide bonds. The van der Waals surface area contributed by atoms with E-state index < -0.39 is 0 Å². The van der Waals surface area contributed by atoms with Crippen molar-refractivity contribution in [3.8, 4) is 34.5 Å². The first kappa shape index (κ1) is 33.8. The fourth-order valence-corrected chi connectivity index (χ4v) is 4.07. The predicted molar refractivity (Wildman–Crippen MR) is 175 cm³/mol. The Hall–Kier alpha value is -5.73. The van der Waals surface area contributed by atoms with Crippen LogP contribution in [0, 0.1) is 0 Å². The second kappa shape index (κ2) is 14.6. The molecule has 45 heavy (non-hydrogen) atoms. The summed E-state index contributed by atoms with van der Waals surface area (Å²) in [6.45, 7) is 9.54. The molecule has 0 bridgehead atoms. The molecule has 15 nitrogen and oxygen atoms in total. The van der Waals surface area contributed by atoms with E-state index in [-0.39, 0.29) is 47.0 Å². The third-order valence-electron chi connectivity index (χ3n) is 6.29. The largest absolute Gasteiger partial charge is 0.495 e. The molecule has 0 spiro atoms. The highest BCUT2D eigenvalue weighted by Gasteiger charge is 2.18. The molecule has 0 fully saturated rings.